The molecule has 0 spiro atoms. The molecular weight excluding hydrogens is 493 g/mol. The van der Waals surface area contributed by atoms with Crippen LogP contribution in [0.25, 0.3) is 0 Å². The summed E-state index contributed by atoms with van der Waals surface area (Å²) in [5, 5.41) is 11.5. The van der Waals surface area contributed by atoms with Gasteiger partial charge in [0.2, 0.25) is 12.5 Å². The number of rotatable bonds is 4. The molecule has 1 N–H and O–H groups in total. The van der Waals surface area contributed by atoms with Crippen LogP contribution in [-0.2, 0) is 28.6 Å². The van der Waals surface area contributed by atoms with Gasteiger partial charge in [0, 0.05) is 29.3 Å². The summed E-state index contributed by atoms with van der Waals surface area (Å²) in [5.41, 5.74) is -7.39. The second-order valence-electron chi connectivity index (χ2n) is 11.7. The number of carbonyl (C=O) groups excluding carboxylic acids is 3. The van der Waals surface area contributed by atoms with Crippen LogP contribution in [0, 0.1) is 28.6 Å². The second kappa shape index (κ2) is 8.66. The topological polar surface area (TPSA) is 99.1 Å². The van der Waals surface area contributed by atoms with Gasteiger partial charge in [0.15, 0.2) is 17.6 Å². The van der Waals surface area contributed by atoms with Gasteiger partial charge in [-0.3, -0.25) is 4.79 Å². The van der Waals surface area contributed by atoms with Crippen LogP contribution in [0.5, 0.6) is 0 Å². The van der Waals surface area contributed by atoms with Gasteiger partial charge in [-0.15, -0.1) is 0 Å². The molecule has 1 aliphatic heterocycles. The highest BCUT2D eigenvalue weighted by molar-refractivity contribution is 6.01. The average molecular weight is 527 g/mol. The van der Waals surface area contributed by atoms with Gasteiger partial charge >= 0.3 is 11.9 Å². The van der Waals surface area contributed by atoms with Crippen LogP contribution >= 0.6 is 0 Å². The third-order valence-corrected chi connectivity index (χ3v) is 10.1. The number of fused-ring (bicyclic) bond motifs is 5. The van der Waals surface area contributed by atoms with Gasteiger partial charge in [-0.05, 0) is 62.7 Å². The third-order valence-electron chi connectivity index (χ3n) is 10.1. The molecule has 2 unspecified atom stereocenters. The number of alkyl halides is 3. The van der Waals surface area contributed by atoms with E-state index in [0.717, 1.165) is 6.08 Å². The third kappa shape index (κ3) is 3.30. The van der Waals surface area contributed by atoms with Crippen LogP contribution in [0.4, 0.5) is 13.2 Å². The standard InChI is InChI=1S/C27H33F3O7/c1-14-9-16-17-11-19(29)18-10-15(31)6-7-24(18,2)26(17,30)21(32)12-25(16,3)27(14,23(34)36-13-28)37-22(33)20-5-4-8-35-20/h6-7,10,14,16-17,19-21,32H,4-5,8-9,11-13H2,1-3H3/t14-,16?,17?,19+,20-,21+,24+,25+,26+,27+/m1/s1. The van der Waals surface area contributed by atoms with Crippen molar-refractivity contribution in [2.45, 2.75) is 82.5 Å². The number of hydrogen-bond donors (Lipinski definition) is 1. The summed E-state index contributed by atoms with van der Waals surface area (Å²) in [6, 6.07) is 0. The van der Waals surface area contributed by atoms with E-state index in [2.05, 4.69) is 0 Å². The van der Waals surface area contributed by atoms with Crippen molar-refractivity contribution in [2.75, 3.05) is 13.5 Å². The normalized spacial score (nSPS) is 48.5. The second-order valence-corrected chi connectivity index (χ2v) is 11.7. The van der Waals surface area contributed by atoms with E-state index in [1.165, 1.54) is 19.1 Å². The van der Waals surface area contributed by atoms with E-state index in [1.54, 1.807) is 13.8 Å². The summed E-state index contributed by atoms with van der Waals surface area (Å²) in [6.45, 7) is 3.62. The Balaban J connectivity index is 1.61. The maximum absolute atomic E-state index is 17.4. The van der Waals surface area contributed by atoms with Crippen LogP contribution in [0.2, 0.25) is 0 Å². The fourth-order valence-electron chi connectivity index (χ4n) is 8.36. The molecule has 4 aliphatic carbocycles. The number of ketones is 1. The van der Waals surface area contributed by atoms with Crippen molar-refractivity contribution in [3.63, 3.8) is 0 Å². The van der Waals surface area contributed by atoms with Gasteiger partial charge in [-0.25, -0.2) is 22.8 Å². The molecule has 0 radical (unpaired) electrons. The molecule has 0 bridgehead atoms. The van der Waals surface area contributed by atoms with Crippen molar-refractivity contribution in [1.29, 1.82) is 0 Å². The van der Waals surface area contributed by atoms with E-state index in [0.29, 0.717) is 19.4 Å². The lowest BCUT2D eigenvalue weighted by molar-refractivity contribution is -0.242. The van der Waals surface area contributed by atoms with Crippen LogP contribution in [0.3, 0.4) is 0 Å². The number of allylic oxidation sites excluding steroid dienone is 4. The summed E-state index contributed by atoms with van der Waals surface area (Å²) >= 11 is 0. The zero-order chi connectivity index (χ0) is 27.0. The number of aliphatic hydroxyl groups is 1. The van der Waals surface area contributed by atoms with Crippen LogP contribution in [-0.4, -0.2) is 65.9 Å². The summed E-state index contributed by atoms with van der Waals surface area (Å²) < 4.78 is 62.4. The minimum Gasteiger partial charge on any atom is -0.444 e. The van der Waals surface area contributed by atoms with Crippen LogP contribution < -0.4 is 0 Å². The largest absolute Gasteiger partial charge is 0.444 e. The molecule has 5 rings (SSSR count). The van der Waals surface area contributed by atoms with Gasteiger partial charge in [0.1, 0.15) is 6.17 Å². The molecule has 0 amide bonds. The van der Waals surface area contributed by atoms with E-state index in [-0.39, 0.29) is 24.8 Å². The molecule has 204 valence electrons. The smallest absolute Gasteiger partial charge is 0.353 e. The molecular formula is C27H33F3O7. The molecule has 4 fully saturated rings. The van der Waals surface area contributed by atoms with Crippen molar-refractivity contribution >= 4 is 17.7 Å². The molecule has 37 heavy (non-hydrogen) atoms. The molecule has 0 aromatic carbocycles. The lowest BCUT2D eigenvalue weighted by Gasteiger charge is -2.63. The highest BCUT2D eigenvalue weighted by atomic mass is 19.1. The lowest BCUT2D eigenvalue weighted by Crippen LogP contribution is -2.71. The van der Waals surface area contributed by atoms with Gasteiger partial charge in [0.05, 0.1) is 6.10 Å². The predicted octanol–water partition coefficient (Wildman–Crippen LogP) is 3.48. The van der Waals surface area contributed by atoms with Gasteiger partial charge in [-0.2, -0.15) is 0 Å². The Labute approximate surface area is 213 Å². The number of carbonyl (C=O) groups is 3. The molecule has 1 heterocycles. The SMILES string of the molecule is C[C@@H]1CC2C3C[C@H](F)C4=CC(=O)C=C[C@]4(C)[C@@]3(F)[C@@H](O)C[C@]2(C)[C@@]1(OC(=O)[C@H]1CCCO1)C(=O)OCF. The number of esters is 2. The highest BCUT2D eigenvalue weighted by Crippen LogP contribution is 2.71. The van der Waals surface area contributed by atoms with Gasteiger partial charge in [-0.1, -0.05) is 19.9 Å². The lowest BCUT2D eigenvalue weighted by atomic mass is 9.44. The monoisotopic (exact) mass is 526 g/mol. The van der Waals surface area contributed by atoms with E-state index >= 15 is 8.78 Å². The van der Waals surface area contributed by atoms with Crippen molar-refractivity contribution < 1.29 is 46.9 Å². The first-order valence-electron chi connectivity index (χ1n) is 12.9. The average Bonchev–Trinajstić information content (AvgIpc) is 3.45. The Bertz CT molecular complexity index is 1070. The summed E-state index contributed by atoms with van der Waals surface area (Å²) in [7, 11) is 0. The number of ether oxygens (including phenoxy) is 3. The Morgan fingerprint density at radius 2 is 1.97 bits per heavy atom. The first kappa shape index (κ1) is 26.4. The number of halogens is 3. The molecule has 3 saturated carbocycles. The molecule has 10 heteroatoms. The fraction of sp³-hybridized carbons (Fsp3) is 0.741. The Morgan fingerprint density at radius 3 is 2.62 bits per heavy atom. The maximum Gasteiger partial charge on any atom is 0.353 e. The predicted molar refractivity (Wildman–Crippen MR) is 123 cm³/mol. The van der Waals surface area contributed by atoms with Crippen molar-refractivity contribution in [3.8, 4) is 0 Å². The molecule has 0 aromatic heterocycles. The maximum atomic E-state index is 17.4. The Hall–Kier alpha value is -2.20. The quantitative estimate of drug-likeness (QED) is 0.560. The molecule has 1 saturated heterocycles. The minimum absolute atomic E-state index is 0.0136. The van der Waals surface area contributed by atoms with Crippen LogP contribution in [0.1, 0.15) is 52.9 Å². The summed E-state index contributed by atoms with van der Waals surface area (Å²) in [5.74, 6) is -4.90. The van der Waals surface area contributed by atoms with Crippen molar-refractivity contribution in [3.05, 3.63) is 23.8 Å². The molecule has 7 nitrogen and oxygen atoms in total. The van der Waals surface area contributed by atoms with E-state index in [4.69, 9.17) is 14.2 Å². The zero-order valence-corrected chi connectivity index (χ0v) is 21.2. The van der Waals surface area contributed by atoms with E-state index < -0.39 is 82.8 Å². The summed E-state index contributed by atoms with van der Waals surface area (Å²) in [4.78, 5) is 38.6. The van der Waals surface area contributed by atoms with Crippen LogP contribution in [0.15, 0.2) is 23.8 Å². The first-order chi connectivity index (χ1) is 17.4. The molecule has 10 atom stereocenters. The van der Waals surface area contributed by atoms with E-state index in [9.17, 15) is 23.9 Å². The number of hydrogen-bond acceptors (Lipinski definition) is 7. The van der Waals surface area contributed by atoms with Gasteiger partial charge < -0.3 is 19.3 Å². The fourth-order valence-corrected chi connectivity index (χ4v) is 8.36. The van der Waals surface area contributed by atoms with E-state index in [1.807, 2.05) is 0 Å². The Morgan fingerprint density at radius 1 is 1.24 bits per heavy atom. The molecule has 5 aliphatic rings. The zero-order valence-electron chi connectivity index (χ0n) is 21.2. The first-order valence-corrected chi connectivity index (χ1v) is 12.9. The van der Waals surface area contributed by atoms with Crippen molar-refractivity contribution in [1.82, 2.24) is 0 Å². The molecule has 0 aromatic rings. The van der Waals surface area contributed by atoms with Crippen molar-refractivity contribution in [2.24, 2.45) is 28.6 Å². The minimum atomic E-state index is -2.36. The van der Waals surface area contributed by atoms with Gasteiger partial charge in [0.25, 0.3) is 0 Å². The number of aliphatic hydroxyl groups excluding tert-OH is 1. The Kier molecular flexibility index (Phi) is 6.18. The highest BCUT2D eigenvalue weighted by Gasteiger charge is 2.79. The summed E-state index contributed by atoms with van der Waals surface area (Å²) in [6.07, 6.45) is -0.112.